The maximum atomic E-state index is 5.68. The van der Waals surface area contributed by atoms with E-state index in [1.54, 1.807) is 23.1 Å². The Morgan fingerprint density at radius 1 is 1.39 bits per heavy atom. The molecule has 1 aromatic carbocycles. The van der Waals surface area contributed by atoms with Gasteiger partial charge in [-0.1, -0.05) is 23.9 Å². The van der Waals surface area contributed by atoms with Crippen molar-refractivity contribution >= 4 is 23.1 Å². The van der Waals surface area contributed by atoms with E-state index >= 15 is 0 Å². The minimum Gasteiger partial charge on any atom is -0.494 e. The molecule has 0 bridgehead atoms. The first-order chi connectivity index (χ1) is 8.88. The van der Waals surface area contributed by atoms with Crippen LogP contribution in [0.2, 0.25) is 0 Å². The van der Waals surface area contributed by atoms with E-state index in [4.69, 9.17) is 10.5 Å². The summed E-state index contributed by atoms with van der Waals surface area (Å²) >= 11 is 3.46. The number of hydrogen-bond acceptors (Lipinski definition) is 5. The molecule has 0 aliphatic rings. The van der Waals surface area contributed by atoms with Crippen molar-refractivity contribution in [1.29, 1.82) is 0 Å². The Kier molecular flexibility index (Phi) is 5.51. The van der Waals surface area contributed by atoms with E-state index < -0.39 is 0 Å². The summed E-state index contributed by atoms with van der Waals surface area (Å²) in [6.45, 7) is 1.28. The SMILES string of the molecule is NCc1cccc(OCCCSc2nccs2)c1. The van der Waals surface area contributed by atoms with E-state index in [2.05, 4.69) is 4.98 Å². The summed E-state index contributed by atoms with van der Waals surface area (Å²) in [5.74, 6) is 1.93. The van der Waals surface area contributed by atoms with Crippen LogP contribution in [0, 0.1) is 0 Å². The Morgan fingerprint density at radius 2 is 2.33 bits per heavy atom. The van der Waals surface area contributed by atoms with E-state index in [0.717, 1.165) is 34.4 Å². The van der Waals surface area contributed by atoms with Crippen LogP contribution in [-0.2, 0) is 6.54 Å². The molecule has 0 aliphatic carbocycles. The fourth-order valence-electron chi connectivity index (χ4n) is 1.45. The molecule has 18 heavy (non-hydrogen) atoms. The summed E-state index contributed by atoms with van der Waals surface area (Å²) in [4.78, 5) is 4.22. The fourth-order valence-corrected chi connectivity index (χ4v) is 3.07. The van der Waals surface area contributed by atoms with E-state index in [-0.39, 0.29) is 0 Å². The van der Waals surface area contributed by atoms with Gasteiger partial charge in [-0.05, 0) is 24.1 Å². The summed E-state index contributed by atoms with van der Waals surface area (Å²) < 4.78 is 6.81. The molecule has 0 unspecified atom stereocenters. The molecule has 0 spiro atoms. The second-order valence-electron chi connectivity index (χ2n) is 3.70. The molecule has 0 radical (unpaired) electrons. The number of aromatic nitrogens is 1. The minimum absolute atomic E-state index is 0.553. The number of benzene rings is 1. The normalized spacial score (nSPS) is 10.5. The highest BCUT2D eigenvalue weighted by Crippen LogP contribution is 2.21. The highest BCUT2D eigenvalue weighted by Gasteiger charge is 1.98. The molecule has 1 heterocycles. The number of nitrogens with zero attached hydrogens (tertiary/aromatic N) is 1. The zero-order chi connectivity index (χ0) is 12.6. The van der Waals surface area contributed by atoms with E-state index in [0.29, 0.717) is 6.54 Å². The monoisotopic (exact) mass is 280 g/mol. The van der Waals surface area contributed by atoms with Crippen molar-refractivity contribution in [1.82, 2.24) is 4.98 Å². The molecular formula is C13H16N2OS2. The molecule has 96 valence electrons. The van der Waals surface area contributed by atoms with Crippen LogP contribution in [0.5, 0.6) is 5.75 Å². The van der Waals surface area contributed by atoms with Crippen LogP contribution in [0.4, 0.5) is 0 Å². The number of rotatable bonds is 7. The van der Waals surface area contributed by atoms with Crippen molar-refractivity contribution in [2.45, 2.75) is 17.3 Å². The number of thioether (sulfide) groups is 1. The maximum Gasteiger partial charge on any atom is 0.149 e. The number of hydrogen-bond donors (Lipinski definition) is 1. The van der Waals surface area contributed by atoms with Crippen LogP contribution in [0.3, 0.4) is 0 Å². The molecule has 2 N–H and O–H groups in total. The average Bonchev–Trinajstić information content (AvgIpc) is 2.92. The quantitative estimate of drug-likeness (QED) is 0.625. The lowest BCUT2D eigenvalue weighted by molar-refractivity contribution is 0.318. The molecule has 0 amide bonds. The van der Waals surface area contributed by atoms with Crippen LogP contribution in [0.15, 0.2) is 40.2 Å². The zero-order valence-electron chi connectivity index (χ0n) is 10.0. The van der Waals surface area contributed by atoms with Gasteiger partial charge in [0.25, 0.3) is 0 Å². The van der Waals surface area contributed by atoms with Crippen molar-refractivity contribution in [2.75, 3.05) is 12.4 Å². The topological polar surface area (TPSA) is 48.1 Å². The van der Waals surface area contributed by atoms with Gasteiger partial charge in [-0.3, -0.25) is 0 Å². The summed E-state index contributed by atoms with van der Waals surface area (Å²) in [5, 5.41) is 2.00. The number of ether oxygens (including phenoxy) is 1. The molecule has 2 aromatic rings. The van der Waals surface area contributed by atoms with Crippen molar-refractivity contribution in [3.63, 3.8) is 0 Å². The van der Waals surface area contributed by atoms with Crippen LogP contribution < -0.4 is 10.5 Å². The van der Waals surface area contributed by atoms with Gasteiger partial charge in [0.1, 0.15) is 10.1 Å². The molecule has 3 nitrogen and oxygen atoms in total. The van der Waals surface area contributed by atoms with Gasteiger partial charge in [0.15, 0.2) is 0 Å². The molecular weight excluding hydrogens is 264 g/mol. The molecule has 0 atom stereocenters. The zero-order valence-corrected chi connectivity index (χ0v) is 11.7. The minimum atomic E-state index is 0.553. The van der Waals surface area contributed by atoms with E-state index in [1.165, 1.54) is 0 Å². The third-order valence-electron chi connectivity index (χ3n) is 2.33. The van der Waals surface area contributed by atoms with Crippen LogP contribution in [0.25, 0.3) is 0 Å². The number of nitrogens with two attached hydrogens (primary N) is 1. The van der Waals surface area contributed by atoms with Crippen LogP contribution in [-0.4, -0.2) is 17.3 Å². The molecule has 0 aliphatic heterocycles. The Labute approximate surface area is 115 Å². The standard InChI is InChI=1S/C13H16N2OS2/c14-10-11-3-1-4-12(9-11)16-6-2-7-17-13-15-5-8-18-13/h1,3-5,8-9H,2,6-7,10,14H2. The summed E-state index contributed by atoms with van der Waals surface area (Å²) in [6, 6.07) is 7.94. The third kappa shape index (κ3) is 4.33. The van der Waals surface area contributed by atoms with Crippen molar-refractivity contribution < 1.29 is 4.74 Å². The summed E-state index contributed by atoms with van der Waals surface area (Å²) in [6.07, 6.45) is 2.85. The first kappa shape index (κ1) is 13.4. The molecule has 1 aromatic heterocycles. The number of thiazole rings is 1. The van der Waals surface area contributed by atoms with E-state index in [9.17, 15) is 0 Å². The smallest absolute Gasteiger partial charge is 0.149 e. The molecule has 0 saturated heterocycles. The highest BCUT2D eigenvalue weighted by atomic mass is 32.2. The van der Waals surface area contributed by atoms with E-state index in [1.807, 2.05) is 35.8 Å². The lowest BCUT2D eigenvalue weighted by atomic mass is 10.2. The Hall–Kier alpha value is -1.04. The fraction of sp³-hybridized carbons (Fsp3) is 0.308. The Balaban J connectivity index is 1.65. The van der Waals surface area contributed by atoms with Gasteiger partial charge in [0, 0.05) is 23.9 Å². The first-order valence-electron chi connectivity index (χ1n) is 5.82. The average molecular weight is 280 g/mol. The van der Waals surface area contributed by atoms with Crippen molar-refractivity contribution in [3.8, 4) is 5.75 Å². The molecule has 0 saturated carbocycles. The maximum absolute atomic E-state index is 5.68. The molecule has 2 rings (SSSR count). The van der Waals surface area contributed by atoms with Crippen molar-refractivity contribution in [3.05, 3.63) is 41.4 Å². The van der Waals surface area contributed by atoms with Crippen LogP contribution in [0.1, 0.15) is 12.0 Å². The summed E-state index contributed by atoms with van der Waals surface area (Å²) in [5.41, 5.74) is 6.69. The van der Waals surface area contributed by atoms with Gasteiger partial charge in [-0.25, -0.2) is 4.98 Å². The second kappa shape index (κ2) is 7.41. The predicted molar refractivity (Wildman–Crippen MR) is 77.3 cm³/mol. The van der Waals surface area contributed by atoms with Gasteiger partial charge in [-0.15, -0.1) is 11.3 Å². The lowest BCUT2D eigenvalue weighted by Crippen LogP contribution is -2.00. The first-order valence-corrected chi connectivity index (χ1v) is 7.69. The lowest BCUT2D eigenvalue weighted by Gasteiger charge is -2.06. The van der Waals surface area contributed by atoms with Crippen molar-refractivity contribution in [2.24, 2.45) is 5.73 Å². The Bertz CT molecular complexity index is 460. The highest BCUT2D eigenvalue weighted by molar-refractivity contribution is 8.00. The van der Waals surface area contributed by atoms with Gasteiger partial charge in [-0.2, -0.15) is 0 Å². The predicted octanol–water partition coefficient (Wildman–Crippen LogP) is 3.16. The third-order valence-corrected chi connectivity index (χ3v) is 4.38. The Morgan fingerprint density at radius 3 is 3.11 bits per heavy atom. The summed E-state index contributed by atoms with van der Waals surface area (Å²) in [7, 11) is 0. The molecule has 0 fully saturated rings. The van der Waals surface area contributed by atoms with Gasteiger partial charge >= 0.3 is 0 Å². The van der Waals surface area contributed by atoms with Gasteiger partial charge in [0.05, 0.1) is 6.61 Å². The largest absolute Gasteiger partial charge is 0.494 e. The van der Waals surface area contributed by atoms with Crippen LogP contribution >= 0.6 is 23.1 Å². The second-order valence-corrected chi connectivity index (χ2v) is 5.94. The van der Waals surface area contributed by atoms with Gasteiger partial charge in [0.2, 0.25) is 0 Å². The molecule has 5 heteroatoms. The van der Waals surface area contributed by atoms with Gasteiger partial charge < -0.3 is 10.5 Å².